The van der Waals surface area contributed by atoms with Crippen molar-refractivity contribution in [3.63, 3.8) is 0 Å². The standard InChI is InChI=1S/C12H14FN3O3/c1-7-10(6-16(18)12(14)17)11(15-19-7)8-2-4-9(13)5-3-8/h2-5,7,15,18H,6H2,1H3,(H2,14,17). The summed E-state index contributed by atoms with van der Waals surface area (Å²) in [4.78, 5) is 16.1. The van der Waals surface area contributed by atoms with E-state index in [-0.39, 0.29) is 18.5 Å². The maximum atomic E-state index is 12.9. The summed E-state index contributed by atoms with van der Waals surface area (Å²) < 4.78 is 12.9. The fraction of sp³-hybridized carbons (Fsp3) is 0.250. The molecule has 1 aliphatic heterocycles. The summed E-state index contributed by atoms with van der Waals surface area (Å²) in [6.07, 6.45) is -0.339. The molecule has 7 heteroatoms. The molecule has 1 aliphatic rings. The topological polar surface area (TPSA) is 87.8 Å². The molecule has 2 amide bonds. The van der Waals surface area contributed by atoms with Gasteiger partial charge in [-0.25, -0.2) is 14.2 Å². The Hall–Kier alpha value is -2.12. The van der Waals surface area contributed by atoms with Gasteiger partial charge in [-0.15, -0.1) is 0 Å². The highest BCUT2D eigenvalue weighted by molar-refractivity contribution is 5.73. The van der Waals surface area contributed by atoms with E-state index in [2.05, 4.69) is 5.48 Å². The summed E-state index contributed by atoms with van der Waals surface area (Å²) in [5.41, 5.74) is 9.60. The molecule has 19 heavy (non-hydrogen) atoms. The van der Waals surface area contributed by atoms with Crippen molar-refractivity contribution >= 4 is 11.7 Å². The Labute approximate surface area is 109 Å². The number of primary amides is 1. The Bertz CT molecular complexity index is 515. The van der Waals surface area contributed by atoms with E-state index in [0.29, 0.717) is 21.9 Å². The number of hydrogen-bond donors (Lipinski definition) is 3. The highest BCUT2D eigenvalue weighted by atomic mass is 19.1. The number of nitrogens with two attached hydrogens (primary N) is 1. The Morgan fingerprint density at radius 3 is 2.74 bits per heavy atom. The van der Waals surface area contributed by atoms with Crippen LogP contribution in [-0.2, 0) is 4.84 Å². The molecule has 0 aromatic heterocycles. The summed E-state index contributed by atoms with van der Waals surface area (Å²) in [6.45, 7) is 1.67. The lowest BCUT2D eigenvalue weighted by molar-refractivity contribution is -0.0358. The van der Waals surface area contributed by atoms with Crippen LogP contribution in [0.1, 0.15) is 12.5 Å². The number of urea groups is 1. The number of hydroxylamine groups is 3. The SMILES string of the molecule is CC1ONC(c2ccc(F)cc2)=C1CN(O)C(N)=O. The van der Waals surface area contributed by atoms with Gasteiger partial charge in [-0.1, -0.05) is 0 Å². The zero-order valence-corrected chi connectivity index (χ0v) is 10.3. The molecule has 0 saturated carbocycles. The van der Waals surface area contributed by atoms with E-state index in [1.165, 1.54) is 12.1 Å². The molecular formula is C12H14FN3O3. The van der Waals surface area contributed by atoms with Gasteiger partial charge in [0.25, 0.3) is 0 Å². The quantitative estimate of drug-likeness (QED) is 0.567. The van der Waals surface area contributed by atoms with Gasteiger partial charge in [-0.05, 0) is 31.2 Å². The largest absolute Gasteiger partial charge is 0.350 e. The van der Waals surface area contributed by atoms with Gasteiger partial charge >= 0.3 is 6.03 Å². The van der Waals surface area contributed by atoms with E-state index in [1.54, 1.807) is 19.1 Å². The number of rotatable bonds is 3. The monoisotopic (exact) mass is 267 g/mol. The Balaban J connectivity index is 2.31. The summed E-state index contributed by atoms with van der Waals surface area (Å²) in [7, 11) is 0. The molecule has 0 radical (unpaired) electrons. The van der Waals surface area contributed by atoms with Gasteiger partial charge in [0.15, 0.2) is 0 Å². The third-order valence-corrected chi connectivity index (χ3v) is 2.86. The molecule has 1 atom stereocenters. The Kier molecular flexibility index (Phi) is 3.68. The molecule has 0 bridgehead atoms. The summed E-state index contributed by atoms with van der Waals surface area (Å²) in [6, 6.07) is 4.83. The van der Waals surface area contributed by atoms with E-state index < -0.39 is 6.03 Å². The van der Waals surface area contributed by atoms with Crippen molar-refractivity contribution in [2.24, 2.45) is 5.73 Å². The predicted octanol–water partition coefficient (Wildman–Crippen LogP) is 1.23. The number of halogens is 1. The van der Waals surface area contributed by atoms with E-state index in [4.69, 9.17) is 10.6 Å². The van der Waals surface area contributed by atoms with Crippen LogP contribution in [0.3, 0.4) is 0 Å². The molecular weight excluding hydrogens is 253 g/mol. The summed E-state index contributed by atoms with van der Waals surface area (Å²) >= 11 is 0. The van der Waals surface area contributed by atoms with Crippen LogP contribution in [-0.4, -0.2) is 29.0 Å². The van der Waals surface area contributed by atoms with E-state index >= 15 is 0 Å². The molecule has 0 fully saturated rings. The first-order valence-electron chi connectivity index (χ1n) is 5.65. The van der Waals surface area contributed by atoms with Crippen LogP contribution in [0.4, 0.5) is 9.18 Å². The molecule has 102 valence electrons. The highest BCUT2D eigenvalue weighted by Gasteiger charge is 2.26. The molecule has 1 heterocycles. The van der Waals surface area contributed by atoms with Crippen molar-refractivity contribution in [3.05, 3.63) is 41.2 Å². The number of nitrogens with one attached hydrogen (secondary N) is 1. The number of nitrogens with zero attached hydrogens (tertiary/aromatic N) is 1. The third-order valence-electron chi connectivity index (χ3n) is 2.86. The fourth-order valence-electron chi connectivity index (χ4n) is 1.80. The zero-order valence-electron chi connectivity index (χ0n) is 10.3. The minimum absolute atomic E-state index is 0.0871. The molecule has 1 aromatic carbocycles. The van der Waals surface area contributed by atoms with Gasteiger partial charge in [-0.2, -0.15) is 0 Å². The van der Waals surface area contributed by atoms with Gasteiger partial charge in [0.1, 0.15) is 11.9 Å². The number of benzene rings is 1. The van der Waals surface area contributed by atoms with Gasteiger partial charge in [0.05, 0.1) is 12.2 Å². The van der Waals surface area contributed by atoms with Gasteiger partial charge < -0.3 is 5.73 Å². The van der Waals surface area contributed by atoms with E-state index in [9.17, 15) is 14.4 Å². The lowest BCUT2D eigenvalue weighted by atomic mass is 10.0. The lowest BCUT2D eigenvalue weighted by Crippen LogP contribution is -2.35. The van der Waals surface area contributed by atoms with Crippen LogP contribution >= 0.6 is 0 Å². The second-order valence-electron chi connectivity index (χ2n) is 4.17. The average Bonchev–Trinajstić information content (AvgIpc) is 2.72. The van der Waals surface area contributed by atoms with Crippen LogP contribution in [0, 0.1) is 5.82 Å². The lowest BCUT2D eigenvalue weighted by Gasteiger charge is -2.15. The molecule has 0 spiro atoms. The summed E-state index contributed by atoms with van der Waals surface area (Å²) in [5, 5.41) is 9.79. The molecule has 4 N–H and O–H groups in total. The molecule has 1 aromatic rings. The van der Waals surface area contributed by atoms with Gasteiger partial charge in [-0.3, -0.25) is 15.5 Å². The highest BCUT2D eigenvalue weighted by Crippen LogP contribution is 2.26. The first kappa shape index (κ1) is 13.3. The zero-order chi connectivity index (χ0) is 14.0. The van der Waals surface area contributed by atoms with Crippen molar-refractivity contribution in [1.82, 2.24) is 10.5 Å². The van der Waals surface area contributed by atoms with Crippen molar-refractivity contribution in [2.45, 2.75) is 13.0 Å². The molecule has 2 rings (SSSR count). The van der Waals surface area contributed by atoms with Crippen molar-refractivity contribution < 1.29 is 19.2 Å². The molecule has 0 saturated heterocycles. The average molecular weight is 267 g/mol. The normalized spacial score (nSPS) is 18.4. The number of carbonyl (C=O) groups is 1. The fourth-order valence-corrected chi connectivity index (χ4v) is 1.80. The van der Waals surface area contributed by atoms with Gasteiger partial charge in [0.2, 0.25) is 0 Å². The molecule has 0 aliphatic carbocycles. The van der Waals surface area contributed by atoms with Crippen LogP contribution in [0.5, 0.6) is 0 Å². The van der Waals surface area contributed by atoms with Crippen LogP contribution in [0.15, 0.2) is 29.8 Å². The second-order valence-corrected chi connectivity index (χ2v) is 4.17. The maximum absolute atomic E-state index is 12.9. The van der Waals surface area contributed by atoms with Crippen LogP contribution in [0.25, 0.3) is 5.70 Å². The van der Waals surface area contributed by atoms with Crippen molar-refractivity contribution in [2.75, 3.05) is 6.54 Å². The number of carbonyl (C=O) groups excluding carboxylic acids is 1. The molecule has 6 nitrogen and oxygen atoms in total. The maximum Gasteiger partial charge on any atom is 0.338 e. The second kappa shape index (κ2) is 5.25. The smallest absolute Gasteiger partial charge is 0.338 e. The first-order valence-corrected chi connectivity index (χ1v) is 5.65. The molecule has 1 unspecified atom stereocenters. The van der Waals surface area contributed by atoms with E-state index in [1.807, 2.05) is 0 Å². The first-order chi connectivity index (χ1) is 8.99. The Morgan fingerprint density at radius 2 is 2.16 bits per heavy atom. The number of amides is 2. The van der Waals surface area contributed by atoms with Gasteiger partial charge in [0, 0.05) is 11.1 Å². The van der Waals surface area contributed by atoms with Crippen LogP contribution < -0.4 is 11.2 Å². The number of hydrogen-bond acceptors (Lipinski definition) is 4. The summed E-state index contributed by atoms with van der Waals surface area (Å²) in [5.74, 6) is -0.348. The van der Waals surface area contributed by atoms with Crippen molar-refractivity contribution in [3.8, 4) is 0 Å². The van der Waals surface area contributed by atoms with Crippen molar-refractivity contribution in [1.29, 1.82) is 0 Å². The predicted molar refractivity (Wildman–Crippen MR) is 65.1 cm³/mol. The third kappa shape index (κ3) is 2.83. The minimum atomic E-state index is -0.954. The van der Waals surface area contributed by atoms with Crippen LogP contribution in [0.2, 0.25) is 0 Å². The Morgan fingerprint density at radius 1 is 1.53 bits per heavy atom. The minimum Gasteiger partial charge on any atom is -0.350 e. The van der Waals surface area contributed by atoms with E-state index in [0.717, 1.165) is 0 Å².